The van der Waals surface area contributed by atoms with E-state index in [1.54, 1.807) is 16.9 Å². The lowest BCUT2D eigenvalue weighted by molar-refractivity contribution is 0.628. The molecule has 106 valence electrons. The fourth-order valence-corrected chi connectivity index (χ4v) is 2.76. The van der Waals surface area contributed by atoms with Gasteiger partial charge in [0.15, 0.2) is 0 Å². The van der Waals surface area contributed by atoms with E-state index in [-0.39, 0.29) is 5.02 Å². The van der Waals surface area contributed by atoms with E-state index in [1.807, 2.05) is 24.3 Å². The SMILES string of the molecule is Nc1cn(-c2ccccc2Br)nc1-c1ccc(F)cc1Cl. The molecule has 0 aliphatic rings. The van der Waals surface area contributed by atoms with Crippen molar-refractivity contribution in [2.75, 3.05) is 5.73 Å². The van der Waals surface area contributed by atoms with Crippen LogP contribution in [0.2, 0.25) is 5.02 Å². The lowest BCUT2D eigenvalue weighted by atomic mass is 10.1. The Labute approximate surface area is 134 Å². The third-order valence-corrected chi connectivity index (χ3v) is 4.01. The summed E-state index contributed by atoms with van der Waals surface area (Å²) >= 11 is 9.54. The van der Waals surface area contributed by atoms with E-state index in [4.69, 9.17) is 17.3 Å². The molecule has 1 heterocycles. The van der Waals surface area contributed by atoms with E-state index < -0.39 is 5.82 Å². The number of anilines is 1. The van der Waals surface area contributed by atoms with Crippen molar-refractivity contribution in [2.24, 2.45) is 0 Å². The molecule has 6 heteroatoms. The number of nitrogens with two attached hydrogens (primary N) is 1. The number of hydrogen-bond donors (Lipinski definition) is 1. The van der Waals surface area contributed by atoms with Crippen molar-refractivity contribution in [1.29, 1.82) is 0 Å². The molecule has 0 unspecified atom stereocenters. The van der Waals surface area contributed by atoms with Gasteiger partial charge < -0.3 is 5.73 Å². The predicted molar refractivity (Wildman–Crippen MR) is 86.1 cm³/mol. The monoisotopic (exact) mass is 365 g/mol. The number of hydrogen-bond acceptors (Lipinski definition) is 2. The molecule has 2 N–H and O–H groups in total. The van der Waals surface area contributed by atoms with E-state index in [0.29, 0.717) is 16.9 Å². The molecule has 1 aromatic heterocycles. The zero-order valence-corrected chi connectivity index (χ0v) is 13.1. The summed E-state index contributed by atoms with van der Waals surface area (Å²) < 4.78 is 15.7. The second-order valence-corrected chi connectivity index (χ2v) is 5.71. The van der Waals surface area contributed by atoms with E-state index in [2.05, 4.69) is 21.0 Å². The van der Waals surface area contributed by atoms with Crippen molar-refractivity contribution in [3.8, 4) is 16.9 Å². The van der Waals surface area contributed by atoms with E-state index in [1.165, 1.54) is 12.1 Å². The fraction of sp³-hybridized carbons (Fsp3) is 0. The lowest BCUT2D eigenvalue weighted by Gasteiger charge is -2.04. The van der Waals surface area contributed by atoms with Gasteiger partial charge in [-0.15, -0.1) is 0 Å². The van der Waals surface area contributed by atoms with Crippen LogP contribution in [0.5, 0.6) is 0 Å². The number of aromatic nitrogens is 2. The van der Waals surface area contributed by atoms with E-state index in [0.717, 1.165) is 10.2 Å². The fourth-order valence-electron chi connectivity index (χ4n) is 2.04. The topological polar surface area (TPSA) is 43.8 Å². The van der Waals surface area contributed by atoms with Crippen LogP contribution in [0.25, 0.3) is 16.9 Å². The first-order valence-electron chi connectivity index (χ1n) is 6.12. The Morgan fingerprint density at radius 1 is 1.19 bits per heavy atom. The average molecular weight is 367 g/mol. The van der Waals surface area contributed by atoms with Crippen LogP contribution in [0.4, 0.5) is 10.1 Å². The second kappa shape index (κ2) is 5.50. The molecular weight excluding hydrogens is 357 g/mol. The molecule has 0 fully saturated rings. The Morgan fingerprint density at radius 3 is 2.67 bits per heavy atom. The van der Waals surface area contributed by atoms with Crippen molar-refractivity contribution in [1.82, 2.24) is 9.78 Å². The lowest BCUT2D eigenvalue weighted by Crippen LogP contribution is -1.96. The molecule has 0 bridgehead atoms. The Kier molecular flexibility index (Phi) is 3.69. The van der Waals surface area contributed by atoms with Crippen LogP contribution in [0, 0.1) is 5.82 Å². The normalized spacial score (nSPS) is 10.8. The van der Waals surface area contributed by atoms with Gasteiger partial charge in [-0.1, -0.05) is 23.7 Å². The maximum atomic E-state index is 13.1. The van der Waals surface area contributed by atoms with Crippen molar-refractivity contribution in [2.45, 2.75) is 0 Å². The van der Waals surface area contributed by atoms with Gasteiger partial charge in [0.05, 0.1) is 22.6 Å². The Morgan fingerprint density at radius 2 is 1.95 bits per heavy atom. The van der Waals surface area contributed by atoms with Gasteiger partial charge >= 0.3 is 0 Å². The van der Waals surface area contributed by atoms with Gasteiger partial charge in [0.2, 0.25) is 0 Å². The highest BCUT2D eigenvalue weighted by Crippen LogP contribution is 2.32. The molecule has 0 amide bonds. The van der Waals surface area contributed by atoms with Gasteiger partial charge in [-0.25, -0.2) is 9.07 Å². The molecule has 0 saturated carbocycles. The number of nitrogen functional groups attached to an aromatic ring is 1. The summed E-state index contributed by atoms with van der Waals surface area (Å²) in [5.74, 6) is -0.396. The molecule has 0 radical (unpaired) electrons. The van der Waals surface area contributed by atoms with Crippen LogP contribution in [0.15, 0.2) is 53.1 Å². The Hall–Kier alpha value is -1.85. The van der Waals surface area contributed by atoms with Crippen LogP contribution in [0.1, 0.15) is 0 Å². The summed E-state index contributed by atoms with van der Waals surface area (Å²) in [6.07, 6.45) is 1.70. The number of rotatable bonds is 2. The van der Waals surface area contributed by atoms with Crippen LogP contribution >= 0.6 is 27.5 Å². The smallest absolute Gasteiger partial charge is 0.124 e. The van der Waals surface area contributed by atoms with Crippen molar-refractivity contribution < 1.29 is 4.39 Å². The summed E-state index contributed by atoms with van der Waals surface area (Å²) in [5.41, 5.74) is 8.47. The summed E-state index contributed by atoms with van der Waals surface area (Å²) in [4.78, 5) is 0. The summed E-state index contributed by atoms with van der Waals surface area (Å²) in [5, 5.41) is 4.73. The molecule has 0 saturated heterocycles. The molecule has 3 rings (SSSR count). The maximum absolute atomic E-state index is 13.1. The van der Waals surface area contributed by atoms with Gasteiger partial charge in [0, 0.05) is 10.0 Å². The maximum Gasteiger partial charge on any atom is 0.124 e. The average Bonchev–Trinajstić information content (AvgIpc) is 2.81. The van der Waals surface area contributed by atoms with Crippen LogP contribution in [-0.2, 0) is 0 Å². The molecule has 0 aliphatic carbocycles. The number of nitrogens with zero attached hydrogens (tertiary/aromatic N) is 2. The molecule has 0 atom stereocenters. The molecule has 21 heavy (non-hydrogen) atoms. The van der Waals surface area contributed by atoms with Gasteiger partial charge in [0.25, 0.3) is 0 Å². The standard InChI is InChI=1S/C15H10BrClFN3/c16-11-3-1-2-4-14(11)21-8-13(19)15(20-21)10-6-5-9(18)7-12(10)17/h1-8H,19H2. The number of halogens is 3. The van der Waals surface area contributed by atoms with Crippen molar-refractivity contribution in [3.63, 3.8) is 0 Å². The minimum atomic E-state index is -0.396. The number of benzene rings is 2. The molecule has 2 aromatic carbocycles. The first-order chi connectivity index (χ1) is 10.1. The largest absolute Gasteiger partial charge is 0.396 e. The highest BCUT2D eigenvalue weighted by molar-refractivity contribution is 9.10. The Balaban J connectivity index is 2.12. The first kappa shape index (κ1) is 14.1. The zero-order valence-electron chi connectivity index (χ0n) is 10.7. The third-order valence-electron chi connectivity index (χ3n) is 3.03. The molecule has 3 aromatic rings. The second-order valence-electron chi connectivity index (χ2n) is 4.45. The molecular formula is C15H10BrClFN3. The van der Waals surface area contributed by atoms with Gasteiger partial charge in [0.1, 0.15) is 11.5 Å². The van der Waals surface area contributed by atoms with Crippen LogP contribution in [0.3, 0.4) is 0 Å². The van der Waals surface area contributed by atoms with Gasteiger partial charge in [-0.3, -0.25) is 0 Å². The quantitative estimate of drug-likeness (QED) is 0.716. The van der Waals surface area contributed by atoms with Gasteiger partial charge in [-0.2, -0.15) is 5.10 Å². The van der Waals surface area contributed by atoms with Crippen LogP contribution < -0.4 is 5.73 Å². The molecule has 0 aliphatic heterocycles. The summed E-state index contributed by atoms with van der Waals surface area (Å²) in [6, 6.07) is 11.8. The summed E-state index contributed by atoms with van der Waals surface area (Å²) in [7, 11) is 0. The summed E-state index contributed by atoms with van der Waals surface area (Å²) in [6.45, 7) is 0. The predicted octanol–water partition coefficient (Wildman–Crippen LogP) is 4.68. The zero-order chi connectivity index (χ0) is 15.0. The highest BCUT2D eigenvalue weighted by Gasteiger charge is 2.14. The minimum absolute atomic E-state index is 0.277. The van der Waals surface area contributed by atoms with E-state index in [9.17, 15) is 4.39 Å². The van der Waals surface area contributed by atoms with E-state index >= 15 is 0 Å². The number of para-hydroxylation sites is 1. The molecule has 3 nitrogen and oxygen atoms in total. The third kappa shape index (κ3) is 2.66. The Bertz CT molecular complexity index is 816. The highest BCUT2D eigenvalue weighted by atomic mass is 79.9. The van der Waals surface area contributed by atoms with Gasteiger partial charge in [-0.05, 0) is 46.3 Å². The molecule has 0 spiro atoms. The van der Waals surface area contributed by atoms with Crippen molar-refractivity contribution >= 4 is 33.2 Å². The minimum Gasteiger partial charge on any atom is -0.396 e. The van der Waals surface area contributed by atoms with Crippen molar-refractivity contribution in [3.05, 3.63) is 64.0 Å². The van der Waals surface area contributed by atoms with Crippen LogP contribution in [-0.4, -0.2) is 9.78 Å². The first-order valence-corrected chi connectivity index (χ1v) is 7.29.